The fourth-order valence-electron chi connectivity index (χ4n) is 2.78. The number of fused-ring (bicyclic) bond motifs is 1. The quantitative estimate of drug-likeness (QED) is 0.728. The molecular formula is C18H25NS. The van der Waals surface area contributed by atoms with Crippen molar-refractivity contribution in [1.82, 2.24) is 5.32 Å². The van der Waals surface area contributed by atoms with Crippen LogP contribution in [0.25, 0.3) is 0 Å². The number of allylic oxidation sites excluding steroid dienone is 1. The Morgan fingerprint density at radius 1 is 1.15 bits per heavy atom. The molecule has 1 fully saturated rings. The topological polar surface area (TPSA) is 12.0 Å². The van der Waals surface area contributed by atoms with E-state index in [4.69, 9.17) is 0 Å². The van der Waals surface area contributed by atoms with E-state index in [0.717, 1.165) is 12.5 Å². The van der Waals surface area contributed by atoms with Gasteiger partial charge in [0.2, 0.25) is 0 Å². The first-order valence-electron chi connectivity index (χ1n) is 8.11. The zero-order valence-electron chi connectivity index (χ0n) is 12.2. The molecule has 1 aliphatic heterocycles. The summed E-state index contributed by atoms with van der Waals surface area (Å²) in [5.41, 5.74) is 1.51. The summed E-state index contributed by atoms with van der Waals surface area (Å²) < 4.78 is 0. The highest BCUT2D eigenvalue weighted by molar-refractivity contribution is 8.03. The molecule has 0 aromatic heterocycles. The van der Waals surface area contributed by atoms with Crippen molar-refractivity contribution in [3.63, 3.8) is 0 Å². The van der Waals surface area contributed by atoms with Crippen LogP contribution in [0.4, 0.5) is 0 Å². The molecule has 1 N–H and O–H groups in total. The Labute approximate surface area is 127 Å². The Morgan fingerprint density at radius 2 is 2.05 bits per heavy atom. The van der Waals surface area contributed by atoms with Crippen molar-refractivity contribution < 1.29 is 0 Å². The van der Waals surface area contributed by atoms with Gasteiger partial charge in [0, 0.05) is 11.4 Å². The summed E-state index contributed by atoms with van der Waals surface area (Å²) in [4.78, 5) is 1.43. The first kappa shape index (κ1) is 14.1. The predicted octanol–water partition coefficient (Wildman–Crippen LogP) is 5.13. The molecule has 2 aliphatic rings. The number of thioether (sulfide) groups is 1. The van der Waals surface area contributed by atoms with E-state index in [-0.39, 0.29) is 0 Å². The van der Waals surface area contributed by atoms with Crippen molar-refractivity contribution >= 4 is 11.8 Å². The SMILES string of the molecule is C1=C(/NCCCCC2CC2)Sc2ccccc2CCC/1. The van der Waals surface area contributed by atoms with Crippen LogP contribution in [-0.2, 0) is 6.42 Å². The summed E-state index contributed by atoms with van der Waals surface area (Å²) in [7, 11) is 0. The minimum atomic E-state index is 1.08. The van der Waals surface area contributed by atoms with Crippen molar-refractivity contribution in [1.29, 1.82) is 0 Å². The van der Waals surface area contributed by atoms with Gasteiger partial charge in [0.15, 0.2) is 0 Å². The van der Waals surface area contributed by atoms with Gasteiger partial charge in [0.05, 0.1) is 5.03 Å². The minimum absolute atomic E-state index is 1.08. The van der Waals surface area contributed by atoms with Gasteiger partial charge in [0.1, 0.15) is 0 Å². The maximum absolute atomic E-state index is 3.65. The highest BCUT2D eigenvalue weighted by Gasteiger charge is 2.19. The van der Waals surface area contributed by atoms with Gasteiger partial charge >= 0.3 is 0 Å². The van der Waals surface area contributed by atoms with Crippen LogP contribution in [0.3, 0.4) is 0 Å². The smallest absolute Gasteiger partial charge is 0.0689 e. The monoisotopic (exact) mass is 287 g/mol. The number of aryl methyl sites for hydroxylation is 1. The molecule has 0 bridgehead atoms. The highest BCUT2D eigenvalue weighted by atomic mass is 32.2. The van der Waals surface area contributed by atoms with E-state index in [1.807, 2.05) is 11.8 Å². The number of rotatable bonds is 6. The van der Waals surface area contributed by atoms with Crippen LogP contribution in [0.1, 0.15) is 50.5 Å². The number of benzene rings is 1. The summed E-state index contributed by atoms with van der Waals surface area (Å²) in [5.74, 6) is 1.08. The van der Waals surface area contributed by atoms with Crippen molar-refractivity contribution in [2.75, 3.05) is 6.54 Å². The van der Waals surface area contributed by atoms with E-state index in [1.54, 1.807) is 0 Å². The molecule has 0 unspecified atom stereocenters. The van der Waals surface area contributed by atoms with Gasteiger partial charge < -0.3 is 5.32 Å². The molecule has 1 saturated carbocycles. The third-order valence-corrected chi connectivity index (χ3v) is 5.36. The first-order chi connectivity index (χ1) is 9.92. The maximum atomic E-state index is 3.65. The van der Waals surface area contributed by atoms with E-state index in [0.29, 0.717) is 0 Å². The second-order valence-corrected chi connectivity index (χ2v) is 7.12. The molecular weight excluding hydrogens is 262 g/mol. The number of nitrogens with one attached hydrogen (secondary N) is 1. The molecule has 20 heavy (non-hydrogen) atoms. The van der Waals surface area contributed by atoms with Crippen LogP contribution in [0.2, 0.25) is 0 Å². The average Bonchev–Trinajstić information content (AvgIpc) is 3.25. The molecule has 2 heteroatoms. The first-order valence-corrected chi connectivity index (χ1v) is 8.93. The Kier molecular flexibility index (Phi) is 5.07. The van der Waals surface area contributed by atoms with Crippen LogP contribution in [0, 0.1) is 5.92 Å². The van der Waals surface area contributed by atoms with Crippen molar-refractivity contribution in [3.8, 4) is 0 Å². The zero-order valence-corrected chi connectivity index (χ0v) is 13.1. The lowest BCUT2D eigenvalue weighted by Gasteiger charge is -2.16. The molecule has 0 radical (unpaired) electrons. The summed E-state index contributed by atoms with van der Waals surface area (Å²) >= 11 is 1.92. The molecule has 3 rings (SSSR count). The van der Waals surface area contributed by atoms with Gasteiger partial charge in [0.25, 0.3) is 0 Å². The highest BCUT2D eigenvalue weighted by Crippen LogP contribution is 2.34. The Bertz CT molecular complexity index is 462. The molecule has 1 aromatic rings. The van der Waals surface area contributed by atoms with E-state index < -0.39 is 0 Å². The van der Waals surface area contributed by atoms with Crippen LogP contribution < -0.4 is 5.32 Å². The average molecular weight is 287 g/mol. The summed E-state index contributed by atoms with van der Waals surface area (Å²) in [6, 6.07) is 8.85. The molecule has 0 amide bonds. The van der Waals surface area contributed by atoms with Crippen molar-refractivity contribution in [2.24, 2.45) is 5.92 Å². The third kappa shape index (κ3) is 4.31. The molecule has 0 spiro atoms. The largest absolute Gasteiger partial charge is 0.380 e. The maximum Gasteiger partial charge on any atom is 0.0689 e. The van der Waals surface area contributed by atoms with Crippen molar-refractivity contribution in [3.05, 3.63) is 40.9 Å². The molecule has 1 aliphatic carbocycles. The van der Waals surface area contributed by atoms with Crippen molar-refractivity contribution in [2.45, 2.75) is 56.3 Å². The second-order valence-electron chi connectivity index (χ2n) is 6.04. The fraction of sp³-hybridized carbons (Fsp3) is 0.556. The standard InChI is InChI=1S/C18H25NS/c1-3-10-17-16(8-1)9-2-4-11-18(20-17)19-14-6-5-7-15-12-13-15/h1,3,8,10-11,15,19H,2,4-7,9,12-14H2/b18-11-. The van der Waals surface area contributed by atoms with E-state index in [2.05, 4.69) is 35.7 Å². The fourth-order valence-corrected chi connectivity index (χ4v) is 3.84. The lowest BCUT2D eigenvalue weighted by molar-refractivity contribution is 0.612. The zero-order chi connectivity index (χ0) is 13.6. The molecule has 1 nitrogen and oxygen atoms in total. The normalized spacial score (nSPS) is 21.3. The number of hydrogen-bond donors (Lipinski definition) is 1. The van der Waals surface area contributed by atoms with E-state index in [9.17, 15) is 0 Å². The number of unbranched alkanes of at least 4 members (excludes halogenated alkanes) is 1. The molecule has 0 atom stereocenters. The number of hydrogen-bond acceptors (Lipinski definition) is 2. The lowest BCUT2D eigenvalue weighted by atomic mass is 10.1. The Morgan fingerprint density at radius 3 is 2.95 bits per heavy atom. The summed E-state index contributed by atoms with van der Waals surface area (Å²) in [6.45, 7) is 1.13. The van der Waals surface area contributed by atoms with Crippen LogP contribution in [-0.4, -0.2) is 6.54 Å². The molecule has 0 saturated heterocycles. The summed E-state index contributed by atoms with van der Waals surface area (Å²) in [6.07, 6.45) is 13.2. The van der Waals surface area contributed by atoms with Gasteiger partial charge in [-0.1, -0.05) is 61.7 Å². The van der Waals surface area contributed by atoms with Crippen LogP contribution in [0.5, 0.6) is 0 Å². The third-order valence-electron chi connectivity index (χ3n) is 4.21. The Balaban J connectivity index is 1.47. The summed E-state index contributed by atoms with van der Waals surface area (Å²) in [5, 5.41) is 5.01. The van der Waals surface area contributed by atoms with Gasteiger partial charge in [-0.3, -0.25) is 0 Å². The minimum Gasteiger partial charge on any atom is -0.380 e. The van der Waals surface area contributed by atoms with E-state index >= 15 is 0 Å². The van der Waals surface area contributed by atoms with Gasteiger partial charge in [-0.2, -0.15) is 0 Å². The van der Waals surface area contributed by atoms with Gasteiger partial charge in [-0.15, -0.1) is 0 Å². The van der Waals surface area contributed by atoms with Crippen LogP contribution >= 0.6 is 11.8 Å². The molecule has 1 aromatic carbocycles. The lowest BCUT2D eigenvalue weighted by Crippen LogP contribution is -2.13. The predicted molar refractivity (Wildman–Crippen MR) is 87.9 cm³/mol. The Hall–Kier alpha value is -0.890. The molecule has 108 valence electrons. The second kappa shape index (κ2) is 7.21. The van der Waals surface area contributed by atoms with Gasteiger partial charge in [-0.25, -0.2) is 0 Å². The van der Waals surface area contributed by atoms with Crippen LogP contribution in [0.15, 0.2) is 40.3 Å². The van der Waals surface area contributed by atoms with E-state index in [1.165, 1.54) is 66.9 Å². The van der Waals surface area contributed by atoms with Gasteiger partial charge in [-0.05, 0) is 43.2 Å². The molecule has 1 heterocycles.